The van der Waals surface area contributed by atoms with E-state index in [0.717, 1.165) is 25.7 Å². The van der Waals surface area contributed by atoms with E-state index in [4.69, 9.17) is 5.53 Å². The van der Waals surface area contributed by atoms with Gasteiger partial charge in [-0.1, -0.05) is 5.11 Å². The summed E-state index contributed by atoms with van der Waals surface area (Å²) in [5, 5.41) is 3.63. The molecule has 0 aliphatic heterocycles. The van der Waals surface area contributed by atoms with Crippen LogP contribution >= 0.6 is 0 Å². The fourth-order valence-electron chi connectivity index (χ4n) is 1.67. The number of nitrogens with zero attached hydrogens (tertiary/aromatic N) is 3. The maximum atomic E-state index is 11.1. The molecular weight excluding hydrogens is 170 g/mol. The quantitative estimate of drug-likeness (QED) is 0.284. The second-order valence-corrected chi connectivity index (χ2v) is 3.23. The summed E-state index contributed by atoms with van der Waals surface area (Å²) < 4.78 is 4.64. The molecule has 1 aliphatic rings. The number of carbonyl (C=O) groups is 1. The number of esters is 1. The van der Waals surface area contributed by atoms with Crippen LogP contribution in [0.5, 0.6) is 0 Å². The Morgan fingerprint density at radius 3 is 2.54 bits per heavy atom. The van der Waals surface area contributed by atoms with Crippen molar-refractivity contribution >= 4 is 5.97 Å². The summed E-state index contributed by atoms with van der Waals surface area (Å²) >= 11 is 0. The number of ether oxygens (including phenoxy) is 1. The molecule has 13 heavy (non-hydrogen) atoms. The predicted octanol–water partition coefficient (Wildman–Crippen LogP) is 2.03. The van der Waals surface area contributed by atoms with Gasteiger partial charge in [-0.25, -0.2) is 0 Å². The Morgan fingerprint density at radius 1 is 1.46 bits per heavy atom. The number of hydrogen-bond donors (Lipinski definition) is 0. The third kappa shape index (κ3) is 2.63. The fraction of sp³-hybridized carbons (Fsp3) is 0.875. The molecule has 5 heteroatoms. The molecule has 0 aromatic carbocycles. The van der Waals surface area contributed by atoms with E-state index in [1.807, 2.05) is 0 Å². The zero-order valence-electron chi connectivity index (χ0n) is 7.64. The van der Waals surface area contributed by atoms with E-state index in [1.54, 1.807) is 0 Å². The minimum atomic E-state index is -0.139. The SMILES string of the molecule is COC(=O)C1CCC(N=[N+]=[N-])CC1. The minimum absolute atomic E-state index is 0.00939. The number of hydrogen-bond acceptors (Lipinski definition) is 3. The second-order valence-electron chi connectivity index (χ2n) is 3.23. The van der Waals surface area contributed by atoms with Crippen LogP contribution < -0.4 is 0 Å². The largest absolute Gasteiger partial charge is 0.469 e. The van der Waals surface area contributed by atoms with Crippen molar-refractivity contribution in [2.24, 2.45) is 11.0 Å². The summed E-state index contributed by atoms with van der Waals surface area (Å²) in [6.45, 7) is 0. The molecule has 0 amide bonds. The molecule has 0 N–H and O–H groups in total. The van der Waals surface area contributed by atoms with Crippen molar-refractivity contribution in [3.63, 3.8) is 0 Å². The summed E-state index contributed by atoms with van der Waals surface area (Å²) in [5.41, 5.74) is 8.21. The van der Waals surface area contributed by atoms with E-state index < -0.39 is 0 Å². The topological polar surface area (TPSA) is 75.1 Å². The normalized spacial score (nSPS) is 27.5. The molecule has 5 nitrogen and oxygen atoms in total. The van der Waals surface area contributed by atoms with Crippen LogP contribution in [0.15, 0.2) is 5.11 Å². The highest BCUT2D eigenvalue weighted by Gasteiger charge is 2.25. The van der Waals surface area contributed by atoms with Crippen molar-refractivity contribution in [1.29, 1.82) is 0 Å². The highest BCUT2D eigenvalue weighted by atomic mass is 16.5. The van der Waals surface area contributed by atoms with Gasteiger partial charge in [-0.3, -0.25) is 4.79 Å². The van der Waals surface area contributed by atoms with Gasteiger partial charge < -0.3 is 4.74 Å². The zero-order chi connectivity index (χ0) is 9.68. The van der Waals surface area contributed by atoms with Crippen LogP contribution in [0.25, 0.3) is 10.4 Å². The smallest absolute Gasteiger partial charge is 0.308 e. The van der Waals surface area contributed by atoms with Gasteiger partial charge in [-0.15, -0.1) is 0 Å². The lowest BCUT2D eigenvalue weighted by Crippen LogP contribution is -2.24. The van der Waals surface area contributed by atoms with E-state index >= 15 is 0 Å². The van der Waals surface area contributed by atoms with Crippen molar-refractivity contribution in [2.45, 2.75) is 31.7 Å². The molecule has 0 aromatic heterocycles. The summed E-state index contributed by atoms with van der Waals surface area (Å²) in [4.78, 5) is 13.9. The first kappa shape index (κ1) is 9.86. The number of carbonyl (C=O) groups excluding carboxylic acids is 1. The number of methoxy groups -OCH3 is 1. The molecule has 0 radical (unpaired) electrons. The van der Waals surface area contributed by atoms with Crippen LogP contribution in [0.3, 0.4) is 0 Å². The molecule has 0 spiro atoms. The maximum absolute atomic E-state index is 11.1. The van der Waals surface area contributed by atoms with Crippen LogP contribution in [0, 0.1) is 5.92 Å². The Morgan fingerprint density at radius 2 is 2.08 bits per heavy atom. The van der Waals surface area contributed by atoms with Crippen LogP contribution in [0.4, 0.5) is 0 Å². The standard InChI is InChI=1S/C8H13N3O2/c1-13-8(12)6-2-4-7(5-3-6)10-11-9/h6-7H,2-5H2,1H3. The van der Waals surface area contributed by atoms with Gasteiger partial charge in [0.25, 0.3) is 0 Å². The van der Waals surface area contributed by atoms with Gasteiger partial charge >= 0.3 is 5.97 Å². The number of azide groups is 1. The van der Waals surface area contributed by atoms with Crippen molar-refractivity contribution in [3.8, 4) is 0 Å². The molecule has 1 aliphatic carbocycles. The second kappa shape index (κ2) is 4.72. The van der Waals surface area contributed by atoms with Crippen LogP contribution in [0.2, 0.25) is 0 Å². The molecule has 0 bridgehead atoms. The Balaban J connectivity index is 2.38. The van der Waals surface area contributed by atoms with E-state index in [2.05, 4.69) is 14.8 Å². The van der Waals surface area contributed by atoms with Crippen molar-refractivity contribution < 1.29 is 9.53 Å². The first-order valence-corrected chi connectivity index (χ1v) is 4.40. The van der Waals surface area contributed by atoms with E-state index in [1.165, 1.54) is 7.11 Å². The Hall–Kier alpha value is -1.22. The van der Waals surface area contributed by atoms with Crippen LogP contribution in [0.1, 0.15) is 25.7 Å². The highest BCUT2D eigenvalue weighted by Crippen LogP contribution is 2.26. The first-order chi connectivity index (χ1) is 6.27. The average molecular weight is 183 g/mol. The van der Waals surface area contributed by atoms with Gasteiger partial charge in [0.15, 0.2) is 0 Å². The molecule has 1 saturated carbocycles. The number of rotatable bonds is 2. The Labute approximate surface area is 76.7 Å². The van der Waals surface area contributed by atoms with Gasteiger partial charge in [-0.05, 0) is 31.2 Å². The van der Waals surface area contributed by atoms with E-state index in [0.29, 0.717) is 0 Å². The molecule has 0 atom stereocenters. The van der Waals surface area contributed by atoms with Crippen LogP contribution in [-0.2, 0) is 9.53 Å². The molecule has 0 aromatic rings. The van der Waals surface area contributed by atoms with Gasteiger partial charge in [0, 0.05) is 11.0 Å². The first-order valence-electron chi connectivity index (χ1n) is 4.40. The van der Waals surface area contributed by atoms with Crippen molar-refractivity contribution in [3.05, 3.63) is 10.4 Å². The molecule has 0 saturated heterocycles. The van der Waals surface area contributed by atoms with E-state index in [9.17, 15) is 4.79 Å². The molecule has 1 fully saturated rings. The maximum Gasteiger partial charge on any atom is 0.308 e. The molecular formula is C8H13N3O2. The van der Waals surface area contributed by atoms with Gasteiger partial charge in [0.1, 0.15) is 0 Å². The Kier molecular flexibility index (Phi) is 3.58. The minimum Gasteiger partial charge on any atom is -0.469 e. The lowest BCUT2D eigenvalue weighted by Gasteiger charge is -2.23. The van der Waals surface area contributed by atoms with Crippen LogP contribution in [-0.4, -0.2) is 19.1 Å². The summed E-state index contributed by atoms with van der Waals surface area (Å²) in [7, 11) is 1.40. The Bertz CT molecular complexity index is 228. The lowest BCUT2D eigenvalue weighted by molar-refractivity contribution is -0.146. The summed E-state index contributed by atoms with van der Waals surface area (Å²) in [6.07, 6.45) is 3.14. The summed E-state index contributed by atoms with van der Waals surface area (Å²) in [5.74, 6) is -0.130. The zero-order valence-corrected chi connectivity index (χ0v) is 7.64. The molecule has 0 unspecified atom stereocenters. The third-order valence-electron chi connectivity index (χ3n) is 2.45. The molecule has 1 rings (SSSR count). The highest BCUT2D eigenvalue weighted by molar-refractivity contribution is 5.72. The van der Waals surface area contributed by atoms with Gasteiger partial charge in [0.05, 0.1) is 13.0 Å². The third-order valence-corrected chi connectivity index (χ3v) is 2.45. The predicted molar refractivity (Wildman–Crippen MR) is 46.9 cm³/mol. The fourth-order valence-corrected chi connectivity index (χ4v) is 1.67. The lowest BCUT2D eigenvalue weighted by atomic mass is 9.86. The average Bonchev–Trinajstić information content (AvgIpc) is 2.18. The molecule has 0 heterocycles. The van der Waals surface area contributed by atoms with E-state index in [-0.39, 0.29) is 17.9 Å². The monoisotopic (exact) mass is 183 g/mol. The van der Waals surface area contributed by atoms with Gasteiger partial charge in [0.2, 0.25) is 0 Å². The van der Waals surface area contributed by atoms with Crippen molar-refractivity contribution in [2.75, 3.05) is 7.11 Å². The molecule has 72 valence electrons. The van der Waals surface area contributed by atoms with Gasteiger partial charge in [-0.2, -0.15) is 0 Å². The van der Waals surface area contributed by atoms with Crippen molar-refractivity contribution in [1.82, 2.24) is 0 Å². The summed E-state index contributed by atoms with van der Waals surface area (Å²) in [6, 6.07) is 0.0749.